The number of rotatable bonds is 6. The van der Waals surface area contributed by atoms with Crippen molar-refractivity contribution in [1.29, 1.82) is 0 Å². The lowest BCUT2D eigenvalue weighted by atomic mass is 9.99. The monoisotopic (exact) mass is 366 g/mol. The van der Waals surface area contributed by atoms with Gasteiger partial charge in [0.15, 0.2) is 11.6 Å². The van der Waals surface area contributed by atoms with Crippen molar-refractivity contribution < 1.29 is 14.7 Å². The minimum Gasteiger partial charge on any atom is -0.388 e. The molecule has 0 fully saturated rings. The molecule has 5 heteroatoms. The molecular formula is C22H26N2O3. The van der Waals surface area contributed by atoms with Gasteiger partial charge in [-0.05, 0) is 42.4 Å². The summed E-state index contributed by atoms with van der Waals surface area (Å²) in [4.78, 5) is 28.4. The van der Waals surface area contributed by atoms with Crippen LogP contribution in [0, 0.1) is 0 Å². The molecule has 0 spiro atoms. The number of aliphatic hydroxyl groups is 1. The SMILES string of the molecule is CN(C)Cc1cccc(CN2CC(=O)Cc3ccc(C(=O)CO)cc3C2)c1. The van der Waals surface area contributed by atoms with E-state index in [1.54, 1.807) is 6.07 Å². The van der Waals surface area contributed by atoms with Crippen LogP contribution in [0.3, 0.4) is 0 Å². The normalized spacial score (nSPS) is 14.9. The zero-order valence-electron chi connectivity index (χ0n) is 15.9. The molecule has 0 bridgehead atoms. The summed E-state index contributed by atoms with van der Waals surface area (Å²) in [6.45, 7) is 2.08. The lowest BCUT2D eigenvalue weighted by molar-refractivity contribution is -0.119. The van der Waals surface area contributed by atoms with Gasteiger partial charge in [-0.25, -0.2) is 0 Å². The molecule has 0 saturated heterocycles. The lowest BCUT2D eigenvalue weighted by Gasteiger charge is -2.21. The maximum atomic E-state index is 12.4. The predicted octanol–water partition coefficient (Wildman–Crippen LogP) is 2.05. The van der Waals surface area contributed by atoms with Crippen LogP contribution in [0.2, 0.25) is 0 Å². The van der Waals surface area contributed by atoms with Gasteiger partial charge < -0.3 is 10.0 Å². The van der Waals surface area contributed by atoms with E-state index in [1.165, 1.54) is 11.1 Å². The van der Waals surface area contributed by atoms with E-state index in [9.17, 15) is 9.59 Å². The summed E-state index contributed by atoms with van der Waals surface area (Å²) in [5, 5.41) is 9.11. The van der Waals surface area contributed by atoms with Crippen LogP contribution in [0.25, 0.3) is 0 Å². The van der Waals surface area contributed by atoms with Gasteiger partial charge in [0, 0.05) is 31.6 Å². The number of Topliss-reactive ketones (excluding diaryl/α,β-unsaturated/α-hetero) is 2. The maximum absolute atomic E-state index is 12.4. The molecule has 2 aromatic rings. The highest BCUT2D eigenvalue weighted by atomic mass is 16.3. The Morgan fingerprint density at radius 2 is 1.85 bits per heavy atom. The Hall–Kier alpha value is -2.34. The molecule has 1 N–H and O–H groups in total. The minimum atomic E-state index is -0.500. The molecule has 0 saturated carbocycles. The van der Waals surface area contributed by atoms with Crippen molar-refractivity contribution in [2.45, 2.75) is 26.1 Å². The fourth-order valence-electron chi connectivity index (χ4n) is 3.59. The second-order valence-corrected chi connectivity index (χ2v) is 7.48. The molecule has 142 valence electrons. The number of hydrogen-bond acceptors (Lipinski definition) is 5. The molecule has 27 heavy (non-hydrogen) atoms. The van der Waals surface area contributed by atoms with E-state index in [4.69, 9.17) is 5.11 Å². The highest BCUT2D eigenvalue weighted by Gasteiger charge is 2.21. The van der Waals surface area contributed by atoms with E-state index >= 15 is 0 Å². The van der Waals surface area contributed by atoms with Crippen LogP contribution in [0.1, 0.15) is 32.6 Å². The Bertz CT molecular complexity index is 845. The van der Waals surface area contributed by atoms with Crippen LogP contribution in [0.15, 0.2) is 42.5 Å². The average Bonchev–Trinajstić information content (AvgIpc) is 2.77. The average molecular weight is 366 g/mol. The fourth-order valence-corrected chi connectivity index (χ4v) is 3.59. The molecule has 1 aliphatic heterocycles. The van der Waals surface area contributed by atoms with Crippen LogP contribution in [0.5, 0.6) is 0 Å². The van der Waals surface area contributed by atoms with E-state index < -0.39 is 6.61 Å². The predicted molar refractivity (Wildman–Crippen MR) is 105 cm³/mol. The Balaban J connectivity index is 1.81. The molecule has 5 nitrogen and oxygen atoms in total. The van der Waals surface area contributed by atoms with E-state index in [2.05, 4.69) is 34.1 Å². The Kier molecular flexibility index (Phi) is 6.16. The first-order chi connectivity index (χ1) is 12.9. The van der Waals surface area contributed by atoms with Crippen LogP contribution < -0.4 is 0 Å². The van der Waals surface area contributed by atoms with Crippen molar-refractivity contribution in [1.82, 2.24) is 9.80 Å². The molecule has 3 rings (SSSR count). The summed E-state index contributed by atoms with van der Waals surface area (Å²) in [7, 11) is 4.09. The van der Waals surface area contributed by atoms with Crippen molar-refractivity contribution in [2.24, 2.45) is 0 Å². The fraction of sp³-hybridized carbons (Fsp3) is 0.364. The second-order valence-electron chi connectivity index (χ2n) is 7.48. The summed E-state index contributed by atoms with van der Waals surface area (Å²) >= 11 is 0. The van der Waals surface area contributed by atoms with E-state index in [0.29, 0.717) is 31.6 Å². The highest BCUT2D eigenvalue weighted by molar-refractivity contribution is 5.97. The van der Waals surface area contributed by atoms with E-state index in [0.717, 1.165) is 17.7 Å². The first kappa shape index (κ1) is 19.4. The third-order valence-electron chi connectivity index (χ3n) is 4.75. The summed E-state index contributed by atoms with van der Waals surface area (Å²) in [6, 6.07) is 13.8. The standard InChI is InChI=1S/C22H26N2O3/c1-23(2)11-16-4-3-5-17(8-16)12-24-13-20-9-19(22(27)15-25)7-6-18(20)10-21(26)14-24/h3-9,25H,10-15H2,1-2H3. The molecule has 2 aromatic carbocycles. The van der Waals surface area contributed by atoms with Crippen molar-refractivity contribution in [2.75, 3.05) is 27.2 Å². The van der Waals surface area contributed by atoms with Crippen molar-refractivity contribution in [3.63, 3.8) is 0 Å². The molecule has 1 aliphatic rings. The van der Waals surface area contributed by atoms with Crippen LogP contribution in [-0.4, -0.2) is 53.7 Å². The largest absolute Gasteiger partial charge is 0.388 e. The van der Waals surface area contributed by atoms with Crippen LogP contribution in [-0.2, 0) is 30.8 Å². The van der Waals surface area contributed by atoms with Gasteiger partial charge in [0.25, 0.3) is 0 Å². The van der Waals surface area contributed by atoms with Crippen LogP contribution in [0.4, 0.5) is 0 Å². The zero-order valence-corrected chi connectivity index (χ0v) is 15.9. The van der Waals surface area contributed by atoms with Gasteiger partial charge in [0.2, 0.25) is 0 Å². The molecule has 0 aliphatic carbocycles. The summed E-state index contributed by atoms with van der Waals surface area (Å²) in [5.41, 5.74) is 4.88. The summed E-state index contributed by atoms with van der Waals surface area (Å²) < 4.78 is 0. The Morgan fingerprint density at radius 1 is 1.07 bits per heavy atom. The zero-order chi connectivity index (χ0) is 19.4. The number of carbonyl (C=O) groups is 2. The molecule has 1 heterocycles. The van der Waals surface area contributed by atoms with Gasteiger partial charge >= 0.3 is 0 Å². The highest BCUT2D eigenvalue weighted by Crippen LogP contribution is 2.21. The molecule has 0 aromatic heterocycles. The van der Waals surface area contributed by atoms with Crippen molar-refractivity contribution in [3.05, 3.63) is 70.3 Å². The van der Waals surface area contributed by atoms with Gasteiger partial charge in [0.1, 0.15) is 6.61 Å². The number of carbonyl (C=O) groups excluding carboxylic acids is 2. The topological polar surface area (TPSA) is 60.9 Å². The Labute approximate surface area is 160 Å². The summed E-state index contributed by atoms with van der Waals surface area (Å²) in [5.74, 6) is -0.115. The first-order valence-corrected chi connectivity index (χ1v) is 9.17. The number of hydrogen-bond donors (Lipinski definition) is 1. The van der Waals surface area contributed by atoms with Crippen molar-refractivity contribution in [3.8, 4) is 0 Å². The number of fused-ring (bicyclic) bond motifs is 1. The number of ketones is 2. The smallest absolute Gasteiger partial charge is 0.188 e. The quantitative estimate of drug-likeness (QED) is 0.793. The van der Waals surface area contributed by atoms with E-state index in [-0.39, 0.29) is 11.6 Å². The number of aliphatic hydroxyl groups excluding tert-OH is 1. The van der Waals surface area contributed by atoms with Gasteiger partial charge in [-0.2, -0.15) is 0 Å². The summed E-state index contributed by atoms with van der Waals surface area (Å²) in [6.07, 6.45) is 0.389. The molecule has 0 amide bonds. The Morgan fingerprint density at radius 3 is 2.59 bits per heavy atom. The number of benzene rings is 2. The van der Waals surface area contributed by atoms with Gasteiger partial charge in [-0.3, -0.25) is 14.5 Å². The molecular weight excluding hydrogens is 340 g/mol. The molecule has 0 unspecified atom stereocenters. The van der Waals surface area contributed by atoms with Gasteiger partial charge in [-0.15, -0.1) is 0 Å². The minimum absolute atomic E-state index is 0.180. The molecule has 0 radical (unpaired) electrons. The molecule has 0 atom stereocenters. The number of nitrogens with zero attached hydrogens (tertiary/aromatic N) is 2. The lowest BCUT2D eigenvalue weighted by Crippen LogP contribution is -2.27. The second kappa shape index (κ2) is 8.57. The maximum Gasteiger partial charge on any atom is 0.188 e. The van der Waals surface area contributed by atoms with Gasteiger partial charge in [-0.1, -0.05) is 36.4 Å². The third-order valence-corrected chi connectivity index (χ3v) is 4.75. The first-order valence-electron chi connectivity index (χ1n) is 9.17. The van der Waals surface area contributed by atoms with Crippen LogP contribution >= 0.6 is 0 Å². The van der Waals surface area contributed by atoms with Gasteiger partial charge in [0.05, 0.1) is 6.54 Å². The van der Waals surface area contributed by atoms with E-state index in [1.807, 2.05) is 26.2 Å². The van der Waals surface area contributed by atoms with Crippen molar-refractivity contribution >= 4 is 11.6 Å². The third kappa shape index (κ3) is 5.10.